The fourth-order valence-electron chi connectivity index (χ4n) is 2.09. The molecule has 2 aromatic heterocycles. The molecule has 7 heteroatoms. The van der Waals surface area contributed by atoms with Gasteiger partial charge < -0.3 is 15.1 Å². The Kier molecular flexibility index (Phi) is 4.77. The molecule has 0 atom stereocenters. The van der Waals surface area contributed by atoms with Crippen LogP contribution in [0.3, 0.4) is 0 Å². The Morgan fingerprint density at radius 1 is 1.21 bits per heavy atom. The number of hydrogen-bond acceptors (Lipinski definition) is 5. The molecule has 2 heterocycles. The number of para-hydroxylation sites is 1. The molecule has 0 bridgehead atoms. The normalized spacial score (nSPS) is 10.4. The van der Waals surface area contributed by atoms with Gasteiger partial charge in [-0.25, -0.2) is 9.97 Å². The minimum Gasteiger partial charge on any atom is -0.467 e. The number of furan rings is 1. The number of carbonyl (C=O) groups excluding carboxylic acids is 1. The molecule has 3 aromatic rings. The van der Waals surface area contributed by atoms with E-state index in [1.807, 2.05) is 18.2 Å². The molecule has 0 aliphatic rings. The third-order valence-electron chi connectivity index (χ3n) is 3.21. The molecule has 0 fully saturated rings. The van der Waals surface area contributed by atoms with Crippen LogP contribution in [-0.4, -0.2) is 15.9 Å². The minimum atomic E-state index is -0.306. The summed E-state index contributed by atoms with van der Waals surface area (Å²) < 4.78 is 5.18. The van der Waals surface area contributed by atoms with Crippen LogP contribution < -0.4 is 10.6 Å². The molecule has 122 valence electrons. The first kappa shape index (κ1) is 16.0. The van der Waals surface area contributed by atoms with Crippen LogP contribution in [0, 0.1) is 6.92 Å². The standard InChI is InChI=1S/C17H15ClN4O2/c1-11-9-15(16(23)19-10-12-5-4-8-24-12)22-17(20-11)21-14-7-3-2-6-13(14)18/h2-9H,10H2,1H3,(H,19,23)(H,20,21,22). The van der Waals surface area contributed by atoms with Gasteiger partial charge in [0.2, 0.25) is 5.95 Å². The van der Waals surface area contributed by atoms with Crippen LogP contribution in [0.15, 0.2) is 53.1 Å². The molecule has 0 radical (unpaired) electrons. The number of hydrogen-bond donors (Lipinski definition) is 2. The highest BCUT2D eigenvalue weighted by Gasteiger charge is 2.12. The molecular formula is C17H15ClN4O2. The third kappa shape index (κ3) is 3.91. The number of rotatable bonds is 5. The van der Waals surface area contributed by atoms with E-state index in [1.165, 1.54) is 0 Å². The van der Waals surface area contributed by atoms with Crippen LogP contribution in [0.1, 0.15) is 21.9 Å². The number of nitrogens with zero attached hydrogens (tertiary/aromatic N) is 2. The van der Waals surface area contributed by atoms with Crippen LogP contribution in [-0.2, 0) is 6.54 Å². The lowest BCUT2D eigenvalue weighted by Crippen LogP contribution is -2.24. The number of carbonyl (C=O) groups is 1. The van der Waals surface area contributed by atoms with Crippen molar-refractivity contribution in [1.82, 2.24) is 15.3 Å². The topological polar surface area (TPSA) is 80.0 Å². The van der Waals surface area contributed by atoms with E-state index in [2.05, 4.69) is 20.6 Å². The molecule has 0 saturated carbocycles. The number of amides is 1. The van der Waals surface area contributed by atoms with Gasteiger partial charge in [-0.2, -0.15) is 0 Å². The minimum absolute atomic E-state index is 0.267. The van der Waals surface area contributed by atoms with Crippen molar-refractivity contribution in [3.63, 3.8) is 0 Å². The van der Waals surface area contributed by atoms with Crippen LogP contribution in [0.2, 0.25) is 5.02 Å². The monoisotopic (exact) mass is 342 g/mol. The van der Waals surface area contributed by atoms with Gasteiger partial charge >= 0.3 is 0 Å². The molecule has 0 saturated heterocycles. The highest BCUT2D eigenvalue weighted by atomic mass is 35.5. The van der Waals surface area contributed by atoms with Gasteiger partial charge in [-0.3, -0.25) is 4.79 Å². The molecule has 0 spiro atoms. The number of benzene rings is 1. The molecule has 0 aliphatic carbocycles. The first-order valence-corrected chi connectivity index (χ1v) is 7.67. The van der Waals surface area contributed by atoms with Crippen molar-refractivity contribution in [3.8, 4) is 0 Å². The Labute approximate surface area is 143 Å². The number of anilines is 2. The molecule has 2 N–H and O–H groups in total. The van der Waals surface area contributed by atoms with Gasteiger partial charge in [-0.05, 0) is 37.3 Å². The number of nitrogens with one attached hydrogen (secondary N) is 2. The molecule has 0 unspecified atom stereocenters. The van der Waals surface area contributed by atoms with Crippen molar-refractivity contribution in [2.75, 3.05) is 5.32 Å². The highest BCUT2D eigenvalue weighted by molar-refractivity contribution is 6.33. The molecule has 1 amide bonds. The number of halogens is 1. The predicted molar refractivity (Wildman–Crippen MR) is 91.4 cm³/mol. The summed E-state index contributed by atoms with van der Waals surface area (Å²) in [7, 11) is 0. The van der Waals surface area contributed by atoms with E-state index >= 15 is 0 Å². The molecule has 1 aromatic carbocycles. The average molecular weight is 343 g/mol. The third-order valence-corrected chi connectivity index (χ3v) is 3.54. The van der Waals surface area contributed by atoms with Gasteiger partial charge in [0.05, 0.1) is 23.5 Å². The summed E-state index contributed by atoms with van der Waals surface area (Å²) in [5.41, 5.74) is 1.61. The first-order valence-electron chi connectivity index (χ1n) is 7.29. The van der Waals surface area contributed by atoms with Gasteiger partial charge in [0.1, 0.15) is 11.5 Å². The van der Waals surface area contributed by atoms with Crippen LogP contribution in [0.4, 0.5) is 11.6 Å². The number of aryl methyl sites for hydroxylation is 1. The van der Waals surface area contributed by atoms with Crippen LogP contribution >= 0.6 is 11.6 Å². The lowest BCUT2D eigenvalue weighted by molar-refractivity contribution is 0.0943. The highest BCUT2D eigenvalue weighted by Crippen LogP contribution is 2.23. The second-order valence-electron chi connectivity index (χ2n) is 5.09. The zero-order valence-corrected chi connectivity index (χ0v) is 13.7. The van der Waals surface area contributed by atoms with Gasteiger partial charge in [0, 0.05) is 5.69 Å². The van der Waals surface area contributed by atoms with Crippen LogP contribution in [0.5, 0.6) is 0 Å². The summed E-state index contributed by atoms with van der Waals surface area (Å²) in [4.78, 5) is 20.8. The summed E-state index contributed by atoms with van der Waals surface area (Å²) in [5.74, 6) is 0.675. The fraction of sp³-hybridized carbons (Fsp3) is 0.118. The second kappa shape index (κ2) is 7.14. The molecule has 0 aliphatic heterocycles. The quantitative estimate of drug-likeness (QED) is 0.739. The Balaban J connectivity index is 1.75. The van der Waals surface area contributed by atoms with E-state index in [-0.39, 0.29) is 11.6 Å². The van der Waals surface area contributed by atoms with Crippen molar-refractivity contribution in [2.24, 2.45) is 0 Å². The fourth-order valence-corrected chi connectivity index (χ4v) is 2.28. The maximum Gasteiger partial charge on any atom is 0.270 e. The van der Waals surface area contributed by atoms with E-state index < -0.39 is 0 Å². The summed E-state index contributed by atoms with van der Waals surface area (Å²) in [6.07, 6.45) is 1.56. The van der Waals surface area contributed by atoms with Gasteiger partial charge in [0.25, 0.3) is 5.91 Å². The summed E-state index contributed by atoms with van der Waals surface area (Å²) >= 11 is 6.12. The zero-order valence-electron chi connectivity index (χ0n) is 12.9. The Hall–Kier alpha value is -2.86. The summed E-state index contributed by atoms with van der Waals surface area (Å²) in [5, 5.41) is 6.33. The average Bonchev–Trinajstić information content (AvgIpc) is 3.08. The molecular weight excluding hydrogens is 328 g/mol. The number of aromatic nitrogens is 2. The van der Waals surface area contributed by atoms with Gasteiger partial charge in [-0.15, -0.1) is 0 Å². The largest absolute Gasteiger partial charge is 0.467 e. The lowest BCUT2D eigenvalue weighted by atomic mass is 10.3. The summed E-state index contributed by atoms with van der Waals surface area (Å²) in [6.45, 7) is 2.09. The van der Waals surface area contributed by atoms with E-state index in [4.69, 9.17) is 16.0 Å². The zero-order chi connectivity index (χ0) is 16.9. The van der Waals surface area contributed by atoms with Crippen molar-refractivity contribution in [2.45, 2.75) is 13.5 Å². The first-order chi connectivity index (χ1) is 11.6. The van der Waals surface area contributed by atoms with Gasteiger partial charge in [0.15, 0.2) is 0 Å². The molecule has 6 nitrogen and oxygen atoms in total. The maximum absolute atomic E-state index is 12.3. The Morgan fingerprint density at radius 2 is 2.04 bits per heavy atom. The van der Waals surface area contributed by atoms with E-state index in [0.717, 1.165) is 0 Å². The molecule has 3 rings (SSSR count). The van der Waals surface area contributed by atoms with E-state index in [1.54, 1.807) is 37.5 Å². The summed E-state index contributed by atoms with van der Waals surface area (Å²) in [6, 6.07) is 12.4. The smallest absolute Gasteiger partial charge is 0.270 e. The van der Waals surface area contributed by atoms with E-state index in [0.29, 0.717) is 34.7 Å². The maximum atomic E-state index is 12.3. The Morgan fingerprint density at radius 3 is 2.79 bits per heavy atom. The predicted octanol–water partition coefficient (Wildman–Crippen LogP) is 3.71. The van der Waals surface area contributed by atoms with E-state index in [9.17, 15) is 4.79 Å². The van der Waals surface area contributed by atoms with Crippen molar-refractivity contribution in [3.05, 3.63) is 70.9 Å². The van der Waals surface area contributed by atoms with Gasteiger partial charge in [-0.1, -0.05) is 23.7 Å². The Bertz CT molecular complexity index is 850. The van der Waals surface area contributed by atoms with Crippen LogP contribution in [0.25, 0.3) is 0 Å². The van der Waals surface area contributed by atoms with Crippen molar-refractivity contribution in [1.29, 1.82) is 0 Å². The lowest BCUT2D eigenvalue weighted by Gasteiger charge is -2.09. The van der Waals surface area contributed by atoms with Crippen molar-refractivity contribution >= 4 is 29.1 Å². The SMILES string of the molecule is Cc1cc(C(=O)NCc2ccco2)nc(Nc2ccccc2Cl)n1. The molecule has 24 heavy (non-hydrogen) atoms. The second-order valence-corrected chi connectivity index (χ2v) is 5.49. The van der Waals surface area contributed by atoms with Crippen molar-refractivity contribution < 1.29 is 9.21 Å².